The summed E-state index contributed by atoms with van der Waals surface area (Å²) in [5.41, 5.74) is 2.41. The average molecular weight is 398 g/mol. The summed E-state index contributed by atoms with van der Waals surface area (Å²) in [5.74, 6) is -0.446. The summed E-state index contributed by atoms with van der Waals surface area (Å²) < 4.78 is 18.3. The van der Waals surface area contributed by atoms with Gasteiger partial charge >= 0.3 is 0 Å². The van der Waals surface area contributed by atoms with Crippen molar-refractivity contribution in [3.05, 3.63) is 69.7 Å². The van der Waals surface area contributed by atoms with Crippen molar-refractivity contribution in [1.82, 2.24) is 5.32 Å². The number of rotatable bonds is 5. The SMILES string of the molecule is CNC(=O)c1cc(OC)ccc1NC(=O)c1cc(-c2ccc(F)cc2)c(C)s1. The van der Waals surface area contributed by atoms with E-state index in [1.165, 1.54) is 37.6 Å². The summed E-state index contributed by atoms with van der Waals surface area (Å²) in [7, 11) is 3.03. The van der Waals surface area contributed by atoms with Crippen LogP contribution in [0.5, 0.6) is 5.75 Å². The molecule has 3 aromatic rings. The van der Waals surface area contributed by atoms with Gasteiger partial charge in [-0.3, -0.25) is 9.59 Å². The first-order valence-electron chi connectivity index (χ1n) is 8.50. The van der Waals surface area contributed by atoms with Crippen molar-refractivity contribution in [3.63, 3.8) is 0 Å². The Kier molecular flexibility index (Phi) is 5.75. The van der Waals surface area contributed by atoms with Gasteiger partial charge in [-0.15, -0.1) is 11.3 Å². The zero-order valence-corrected chi connectivity index (χ0v) is 16.4. The lowest BCUT2D eigenvalue weighted by Gasteiger charge is -2.11. The number of benzene rings is 2. The van der Waals surface area contributed by atoms with Crippen LogP contribution in [0.15, 0.2) is 48.5 Å². The predicted octanol–water partition coefficient (Wildman–Crippen LogP) is 4.48. The normalized spacial score (nSPS) is 10.4. The predicted molar refractivity (Wildman–Crippen MR) is 109 cm³/mol. The number of nitrogens with one attached hydrogen (secondary N) is 2. The van der Waals surface area contributed by atoms with Crippen LogP contribution in [0, 0.1) is 12.7 Å². The van der Waals surface area contributed by atoms with E-state index in [1.807, 2.05) is 6.92 Å². The van der Waals surface area contributed by atoms with E-state index in [9.17, 15) is 14.0 Å². The molecule has 3 rings (SSSR count). The van der Waals surface area contributed by atoms with E-state index in [4.69, 9.17) is 4.74 Å². The van der Waals surface area contributed by atoms with Gasteiger partial charge in [0.25, 0.3) is 11.8 Å². The van der Waals surface area contributed by atoms with E-state index < -0.39 is 0 Å². The number of anilines is 1. The van der Waals surface area contributed by atoms with Gasteiger partial charge in [-0.05, 0) is 54.4 Å². The zero-order chi connectivity index (χ0) is 20.3. The molecule has 2 aromatic carbocycles. The Hall–Kier alpha value is -3.19. The van der Waals surface area contributed by atoms with Crippen LogP contribution in [0.2, 0.25) is 0 Å². The van der Waals surface area contributed by atoms with Gasteiger partial charge in [-0.1, -0.05) is 12.1 Å². The lowest BCUT2D eigenvalue weighted by atomic mass is 10.1. The monoisotopic (exact) mass is 398 g/mol. The molecule has 0 spiro atoms. The highest BCUT2D eigenvalue weighted by Gasteiger charge is 2.18. The Labute approximate surface area is 166 Å². The van der Waals surface area contributed by atoms with Gasteiger partial charge in [0.15, 0.2) is 0 Å². The van der Waals surface area contributed by atoms with Crippen LogP contribution in [0.3, 0.4) is 0 Å². The molecule has 0 fully saturated rings. The molecule has 144 valence electrons. The van der Waals surface area contributed by atoms with Crippen molar-refractivity contribution in [2.45, 2.75) is 6.92 Å². The van der Waals surface area contributed by atoms with E-state index in [2.05, 4.69) is 10.6 Å². The van der Waals surface area contributed by atoms with Crippen LogP contribution in [-0.4, -0.2) is 26.0 Å². The van der Waals surface area contributed by atoms with Crippen LogP contribution < -0.4 is 15.4 Å². The standard InChI is InChI=1S/C21H19FN2O3S/c1-12-16(13-4-6-14(22)7-5-13)11-19(28-12)21(26)24-18-9-8-15(27-3)10-17(18)20(25)23-2/h4-11H,1-3H3,(H,23,25)(H,24,26). The molecule has 1 heterocycles. The van der Waals surface area contributed by atoms with Gasteiger partial charge in [0.1, 0.15) is 11.6 Å². The van der Waals surface area contributed by atoms with Gasteiger partial charge in [0.05, 0.1) is 23.2 Å². The van der Waals surface area contributed by atoms with Crippen LogP contribution in [-0.2, 0) is 0 Å². The Balaban J connectivity index is 1.89. The fraction of sp³-hybridized carbons (Fsp3) is 0.143. The van der Waals surface area contributed by atoms with Crippen molar-refractivity contribution in [1.29, 1.82) is 0 Å². The summed E-state index contributed by atoms with van der Waals surface area (Å²) in [6.07, 6.45) is 0. The molecular formula is C21H19FN2O3S. The number of methoxy groups -OCH3 is 1. The molecule has 0 atom stereocenters. The molecule has 2 amide bonds. The molecule has 0 aliphatic rings. The topological polar surface area (TPSA) is 67.4 Å². The number of carbonyl (C=O) groups excluding carboxylic acids is 2. The minimum Gasteiger partial charge on any atom is -0.497 e. The number of hydrogen-bond donors (Lipinski definition) is 2. The van der Waals surface area contributed by atoms with Gasteiger partial charge < -0.3 is 15.4 Å². The highest BCUT2D eigenvalue weighted by Crippen LogP contribution is 2.32. The van der Waals surface area contributed by atoms with Gasteiger partial charge in [0, 0.05) is 11.9 Å². The highest BCUT2D eigenvalue weighted by atomic mass is 32.1. The number of carbonyl (C=O) groups is 2. The van der Waals surface area contributed by atoms with Crippen molar-refractivity contribution in [2.75, 3.05) is 19.5 Å². The van der Waals surface area contributed by atoms with E-state index in [0.29, 0.717) is 21.9 Å². The fourth-order valence-electron chi connectivity index (χ4n) is 2.78. The first kappa shape index (κ1) is 19.6. The lowest BCUT2D eigenvalue weighted by molar-refractivity contribution is 0.0963. The summed E-state index contributed by atoms with van der Waals surface area (Å²) in [4.78, 5) is 26.3. The number of thiophene rings is 1. The average Bonchev–Trinajstić information content (AvgIpc) is 3.10. The molecule has 0 saturated carbocycles. The summed E-state index contributed by atoms with van der Waals surface area (Å²) in [6.45, 7) is 1.91. The second kappa shape index (κ2) is 8.22. The van der Waals surface area contributed by atoms with Crippen molar-refractivity contribution in [3.8, 4) is 16.9 Å². The molecular weight excluding hydrogens is 379 g/mol. The summed E-state index contributed by atoms with van der Waals surface area (Å²) in [6, 6.07) is 12.8. The minimum absolute atomic E-state index is 0.308. The largest absolute Gasteiger partial charge is 0.497 e. The second-order valence-electron chi connectivity index (χ2n) is 6.03. The Morgan fingerprint density at radius 3 is 2.39 bits per heavy atom. The first-order chi connectivity index (χ1) is 13.4. The molecule has 1 aromatic heterocycles. The summed E-state index contributed by atoms with van der Waals surface area (Å²) >= 11 is 1.34. The Bertz CT molecular complexity index is 1030. The van der Waals surface area contributed by atoms with E-state index in [1.54, 1.807) is 36.4 Å². The van der Waals surface area contributed by atoms with Gasteiger partial charge in [-0.2, -0.15) is 0 Å². The molecule has 7 heteroatoms. The number of halogens is 1. The fourth-order valence-corrected chi connectivity index (χ4v) is 3.71. The quantitative estimate of drug-likeness (QED) is 0.666. The van der Waals surface area contributed by atoms with Crippen LogP contribution in [0.1, 0.15) is 24.9 Å². The third-order valence-corrected chi connectivity index (χ3v) is 5.29. The molecule has 28 heavy (non-hydrogen) atoms. The summed E-state index contributed by atoms with van der Waals surface area (Å²) in [5, 5.41) is 5.34. The highest BCUT2D eigenvalue weighted by molar-refractivity contribution is 7.14. The molecule has 5 nitrogen and oxygen atoms in total. The number of ether oxygens (including phenoxy) is 1. The van der Waals surface area contributed by atoms with Crippen LogP contribution >= 0.6 is 11.3 Å². The van der Waals surface area contributed by atoms with Crippen LogP contribution in [0.4, 0.5) is 10.1 Å². The Morgan fingerprint density at radius 1 is 1.04 bits per heavy atom. The van der Waals surface area contributed by atoms with Gasteiger partial charge in [0.2, 0.25) is 0 Å². The van der Waals surface area contributed by atoms with E-state index in [0.717, 1.165) is 16.0 Å². The smallest absolute Gasteiger partial charge is 0.265 e. The number of amides is 2. The molecule has 0 radical (unpaired) electrons. The van der Waals surface area contributed by atoms with Crippen LogP contribution in [0.25, 0.3) is 11.1 Å². The maximum absolute atomic E-state index is 13.2. The first-order valence-corrected chi connectivity index (χ1v) is 9.32. The molecule has 0 aliphatic heterocycles. The van der Waals surface area contributed by atoms with Crippen molar-refractivity contribution >= 4 is 28.8 Å². The second-order valence-corrected chi connectivity index (χ2v) is 7.29. The van der Waals surface area contributed by atoms with E-state index in [-0.39, 0.29) is 17.6 Å². The maximum Gasteiger partial charge on any atom is 0.265 e. The third-order valence-electron chi connectivity index (χ3n) is 4.24. The maximum atomic E-state index is 13.2. The molecule has 0 bridgehead atoms. The minimum atomic E-state index is -0.330. The molecule has 0 unspecified atom stereocenters. The van der Waals surface area contributed by atoms with Gasteiger partial charge in [-0.25, -0.2) is 4.39 Å². The van der Waals surface area contributed by atoms with E-state index >= 15 is 0 Å². The van der Waals surface area contributed by atoms with Crippen molar-refractivity contribution in [2.24, 2.45) is 0 Å². The molecule has 2 N–H and O–H groups in total. The number of hydrogen-bond acceptors (Lipinski definition) is 4. The third kappa shape index (κ3) is 4.04. The lowest BCUT2D eigenvalue weighted by Crippen LogP contribution is -2.21. The Morgan fingerprint density at radius 2 is 1.75 bits per heavy atom. The molecule has 0 saturated heterocycles. The number of aryl methyl sites for hydroxylation is 1. The zero-order valence-electron chi connectivity index (χ0n) is 15.6. The van der Waals surface area contributed by atoms with Crippen molar-refractivity contribution < 1.29 is 18.7 Å². The molecule has 0 aliphatic carbocycles.